The zero-order chi connectivity index (χ0) is 11.4. The van der Waals surface area contributed by atoms with Crippen LogP contribution in [0.2, 0.25) is 0 Å². The van der Waals surface area contributed by atoms with Gasteiger partial charge in [0.25, 0.3) is 5.91 Å². The van der Waals surface area contributed by atoms with Crippen LogP contribution < -0.4 is 5.73 Å². The van der Waals surface area contributed by atoms with Crippen molar-refractivity contribution in [3.63, 3.8) is 0 Å². The first-order valence-corrected chi connectivity index (χ1v) is 4.52. The summed E-state index contributed by atoms with van der Waals surface area (Å²) in [6.07, 6.45) is 1.22. The number of carbonyl (C=O) groups excluding carboxylic acids is 1. The van der Waals surface area contributed by atoms with Crippen molar-refractivity contribution in [2.45, 2.75) is 0 Å². The van der Waals surface area contributed by atoms with Gasteiger partial charge in [0, 0.05) is 10.9 Å². The van der Waals surface area contributed by atoms with Crippen LogP contribution in [0.5, 0.6) is 0 Å². The molecule has 0 radical (unpaired) electrons. The van der Waals surface area contributed by atoms with Crippen LogP contribution in [0.4, 0.5) is 5.00 Å². The van der Waals surface area contributed by atoms with E-state index in [0.717, 1.165) is 11.3 Å². The fourth-order valence-corrected chi connectivity index (χ4v) is 1.58. The molecule has 0 atom stereocenters. The first kappa shape index (κ1) is 10.9. The third kappa shape index (κ3) is 2.62. The van der Waals surface area contributed by atoms with Crippen LogP contribution in [-0.4, -0.2) is 10.8 Å². The molecule has 0 aromatic carbocycles. The molecule has 15 heavy (non-hydrogen) atoms. The van der Waals surface area contributed by atoms with Crippen LogP contribution in [0.1, 0.15) is 4.88 Å². The van der Waals surface area contributed by atoms with Gasteiger partial charge in [-0.1, -0.05) is 11.3 Å². The van der Waals surface area contributed by atoms with Gasteiger partial charge in [-0.3, -0.25) is 14.9 Å². The number of primary amides is 1. The predicted molar refractivity (Wildman–Crippen MR) is 53.8 cm³/mol. The Morgan fingerprint density at radius 3 is 2.73 bits per heavy atom. The Morgan fingerprint density at radius 2 is 2.33 bits per heavy atom. The second-order valence-electron chi connectivity index (χ2n) is 2.47. The van der Waals surface area contributed by atoms with Gasteiger partial charge in [0.15, 0.2) is 0 Å². The molecule has 2 N–H and O–H groups in total. The summed E-state index contributed by atoms with van der Waals surface area (Å²) < 4.78 is 0. The van der Waals surface area contributed by atoms with E-state index in [1.54, 1.807) is 6.07 Å². The number of nitrogens with zero attached hydrogens (tertiary/aromatic N) is 2. The van der Waals surface area contributed by atoms with E-state index in [1.807, 2.05) is 0 Å². The normalized spacial score (nSPS) is 10.7. The minimum Gasteiger partial charge on any atom is -0.365 e. The van der Waals surface area contributed by atoms with Crippen molar-refractivity contribution in [2.24, 2.45) is 5.73 Å². The molecule has 0 unspecified atom stereocenters. The molecule has 1 amide bonds. The first-order chi connectivity index (χ1) is 7.04. The minimum absolute atomic E-state index is 0.0528. The summed E-state index contributed by atoms with van der Waals surface area (Å²) >= 11 is 0.868. The predicted octanol–water partition coefficient (Wildman–Crippen LogP) is 1.05. The number of hydrogen-bond acceptors (Lipinski definition) is 5. The molecule has 1 aromatic rings. The number of rotatable bonds is 3. The quantitative estimate of drug-likeness (QED) is 0.357. The van der Waals surface area contributed by atoms with Crippen LogP contribution in [0.15, 0.2) is 17.7 Å². The molecule has 76 valence electrons. The maximum absolute atomic E-state index is 10.7. The standard InChI is InChI=1S/C8H5N3O3S/c9-4-5(8(10)12)3-6-1-2-7(15-6)11(13)14/h1-3H,(H2,10,12)/b5-3+. The molecule has 7 heteroatoms. The molecular weight excluding hydrogens is 218 g/mol. The molecule has 1 aromatic heterocycles. The lowest BCUT2D eigenvalue weighted by atomic mass is 10.2. The Labute approximate surface area is 88.4 Å². The average molecular weight is 223 g/mol. The van der Waals surface area contributed by atoms with Gasteiger partial charge in [-0.05, 0) is 12.1 Å². The second-order valence-corrected chi connectivity index (χ2v) is 3.56. The largest absolute Gasteiger partial charge is 0.365 e. The molecular formula is C8H5N3O3S. The van der Waals surface area contributed by atoms with Gasteiger partial charge in [-0.25, -0.2) is 0 Å². The summed E-state index contributed by atoms with van der Waals surface area (Å²) in [5.74, 6) is -0.853. The molecule has 6 nitrogen and oxygen atoms in total. The number of nitro groups is 1. The SMILES string of the molecule is N#C/C(=C\c1ccc([N+](=O)[O-])s1)C(N)=O. The number of nitriles is 1. The van der Waals surface area contributed by atoms with E-state index in [1.165, 1.54) is 18.2 Å². The Balaban J connectivity index is 3.04. The molecule has 0 aliphatic heterocycles. The molecule has 0 fully saturated rings. The highest BCUT2D eigenvalue weighted by atomic mass is 32.1. The molecule has 0 aliphatic carbocycles. The number of carbonyl (C=O) groups is 1. The van der Waals surface area contributed by atoms with Crippen LogP contribution in [0, 0.1) is 21.4 Å². The van der Waals surface area contributed by atoms with E-state index in [4.69, 9.17) is 11.0 Å². The van der Waals surface area contributed by atoms with E-state index in [9.17, 15) is 14.9 Å². The van der Waals surface area contributed by atoms with E-state index >= 15 is 0 Å². The van der Waals surface area contributed by atoms with Gasteiger partial charge in [0.2, 0.25) is 0 Å². The number of hydrogen-bond donors (Lipinski definition) is 1. The van der Waals surface area contributed by atoms with E-state index < -0.39 is 10.8 Å². The molecule has 1 rings (SSSR count). The number of thiophene rings is 1. The van der Waals surface area contributed by atoms with E-state index in [2.05, 4.69) is 0 Å². The molecule has 0 saturated heterocycles. The Kier molecular flexibility index (Phi) is 3.15. The van der Waals surface area contributed by atoms with Crippen molar-refractivity contribution in [1.82, 2.24) is 0 Å². The Morgan fingerprint density at radius 1 is 1.67 bits per heavy atom. The van der Waals surface area contributed by atoms with Gasteiger partial charge in [0.1, 0.15) is 11.6 Å². The highest BCUT2D eigenvalue weighted by molar-refractivity contribution is 7.16. The van der Waals surface area contributed by atoms with Crippen molar-refractivity contribution >= 4 is 28.3 Å². The van der Waals surface area contributed by atoms with Crippen LogP contribution in [-0.2, 0) is 4.79 Å². The summed E-state index contributed by atoms with van der Waals surface area (Å²) in [6.45, 7) is 0. The van der Waals surface area contributed by atoms with Crippen molar-refractivity contribution in [3.8, 4) is 6.07 Å². The maximum Gasteiger partial charge on any atom is 0.324 e. The maximum atomic E-state index is 10.7. The van der Waals surface area contributed by atoms with Gasteiger partial charge < -0.3 is 5.73 Å². The topological polar surface area (TPSA) is 110 Å². The molecule has 0 bridgehead atoms. The van der Waals surface area contributed by atoms with Crippen molar-refractivity contribution < 1.29 is 9.72 Å². The van der Waals surface area contributed by atoms with Gasteiger partial charge >= 0.3 is 5.00 Å². The number of amides is 1. The molecule has 0 aliphatic rings. The monoisotopic (exact) mass is 223 g/mol. The second kappa shape index (κ2) is 4.34. The fourth-order valence-electron chi connectivity index (χ4n) is 0.819. The third-order valence-corrected chi connectivity index (χ3v) is 2.45. The van der Waals surface area contributed by atoms with Gasteiger partial charge in [0.05, 0.1) is 4.92 Å². The lowest BCUT2D eigenvalue weighted by Crippen LogP contribution is -2.12. The summed E-state index contributed by atoms with van der Waals surface area (Å²) in [4.78, 5) is 20.9. The fraction of sp³-hybridized carbons (Fsp3) is 0. The van der Waals surface area contributed by atoms with Crippen molar-refractivity contribution in [1.29, 1.82) is 5.26 Å². The first-order valence-electron chi connectivity index (χ1n) is 3.70. The Hall–Kier alpha value is -2.20. The molecule has 0 spiro atoms. The Bertz CT molecular complexity index is 484. The molecule has 0 saturated carbocycles. The van der Waals surface area contributed by atoms with Crippen LogP contribution in [0.25, 0.3) is 6.08 Å². The van der Waals surface area contributed by atoms with E-state index in [0.29, 0.717) is 4.88 Å². The summed E-state index contributed by atoms with van der Waals surface area (Å²) in [7, 11) is 0. The highest BCUT2D eigenvalue weighted by Gasteiger charge is 2.10. The lowest BCUT2D eigenvalue weighted by molar-refractivity contribution is -0.380. The molecule has 1 heterocycles. The van der Waals surface area contributed by atoms with E-state index in [-0.39, 0.29) is 10.6 Å². The minimum atomic E-state index is -0.853. The number of nitrogens with two attached hydrogens (primary N) is 1. The summed E-state index contributed by atoms with van der Waals surface area (Å²) in [5, 5.41) is 18.8. The smallest absolute Gasteiger partial charge is 0.324 e. The third-order valence-electron chi connectivity index (χ3n) is 1.47. The van der Waals surface area contributed by atoms with Crippen molar-refractivity contribution in [3.05, 3.63) is 32.7 Å². The average Bonchev–Trinajstić information content (AvgIpc) is 2.61. The highest BCUT2D eigenvalue weighted by Crippen LogP contribution is 2.25. The lowest BCUT2D eigenvalue weighted by Gasteiger charge is -1.87. The zero-order valence-corrected chi connectivity index (χ0v) is 8.15. The van der Waals surface area contributed by atoms with Crippen LogP contribution >= 0.6 is 11.3 Å². The van der Waals surface area contributed by atoms with Crippen molar-refractivity contribution in [2.75, 3.05) is 0 Å². The summed E-state index contributed by atoms with van der Waals surface area (Å²) in [5.41, 5.74) is 4.67. The van der Waals surface area contributed by atoms with Gasteiger partial charge in [-0.2, -0.15) is 5.26 Å². The van der Waals surface area contributed by atoms with Gasteiger partial charge in [-0.15, -0.1) is 0 Å². The zero-order valence-electron chi connectivity index (χ0n) is 7.34. The summed E-state index contributed by atoms with van der Waals surface area (Å²) in [6, 6.07) is 4.36. The van der Waals surface area contributed by atoms with Crippen LogP contribution in [0.3, 0.4) is 0 Å².